The third kappa shape index (κ3) is 3.06. The fourth-order valence-electron chi connectivity index (χ4n) is 4.34. The van der Waals surface area contributed by atoms with Crippen LogP contribution in [-0.4, -0.2) is 47.9 Å². The Bertz CT molecular complexity index is 1070. The number of nitrogens with zero attached hydrogens (tertiary/aromatic N) is 6. The number of amides is 1. The zero-order valence-corrected chi connectivity index (χ0v) is 16.5. The molecule has 1 saturated carbocycles. The predicted molar refractivity (Wildman–Crippen MR) is 109 cm³/mol. The summed E-state index contributed by atoms with van der Waals surface area (Å²) in [6.07, 6.45) is 12.6. The number of nitrogens with one attached hydrogen (secondary N) is 1. The first-order valence-electron chi connectivity index (χ1n) is 10.0. The molecule has 3 aliphatic rings. The highest BCUT2D eigenvalue weighted by molar-refractivity contribution is 5.78. The molecule has 9 heteroatoms. The van der Waals surface area contributed by atoms with Crippen LogP contribution in [0.15, 0.2) is 36.3 Å². The number of carbonyl (C=O) groups excluding carboxylic acids is 1. The third-order valence-corrected chi connectivity index (χ3v) is 6.24. The number of hydrogen-bond acceptors (Lipinski definition) is 7. The minimum atomic E-state index is -0.233. The summed E-state index contributed by atoms with van der Waals surface area (Å²) in [5, 5.41) is 11.8. The van der Waals surface area contributed by atoms with Crippen LogP contribution in [0, 0.1) is 11.8 Å². The minimum absolute atomic E-state index is 0.0756. The molecule has 0 saturated heterocycles. The van der Waals surface area contributed by atoms with E-state index in [1.54, 1.807) is 10.9 Å². The van der Waals surface area contributed by atoms with Crippen molar-refractivity contribution in [2.24, 2.45) is 17.6 Å². The van der Waals surface area contributed by atoms with Crippen LogP contribution >= 0.6 is 0 Å². The minimum Gasteiger partial charge on any atom is -0.369 e. The van der Waals surface area contributed by atoms with E-state index in [1.165, 1.54) is 5.70 Å². The summed E-state index contributed by atoms with van der Waals surface area (Å²) in [5.41, 5.74) is 8.80. The van der Waals surface area contributed by atoms with Gasteiger partial charge in [-0.25, -0.2) is 4.98 Å². The van der Waals surface area contributed by atoms with E-state index in [1.807, 2.05) is 6.08 Å². The van der Waals surface area contributed by atoms with Gasteiger partial charge in [0.2, 0.25) is 11.9 Å². The highest BCUT2D eigenvalue weighted by Crippen LogP contribution is 2.33. The maximum absolute atomic E-state index is 11.4. The van der Waals surface area contributed by atoms with E-state index in [-0.39, 0.29) is 17.9 Å². The molecule has 4 atom stereocenters. The molecule has 1 aliphatic carbocycles. The largest absolute Gasteiger partial charge is 0.369 e. The number of rotatable bonds is 4. The lowest BCUT2D eigenvalue weighted by Crippen LogP contribution is -2.26. The van der Waals surface area contributed by atoms with E-state index in [2.05, 4.69) is 62.7 Å². The molecular formula is C20H24N8O. The number of hydrogen-bond donors (Lipinski definition) is 2. The molecule has 1 amide bonds. The fourth-order valence-corrected chi connectivity index (χ4v) is 4.34. The van der Waals surface area contributed by atoms with Crippen molar-refractivity contribution in [2.45, 2.75) is 45.2 Å². The zero-order valence-electron chi connectivity index (χ0n) is 16.5. The van der Waals surface area contributed by atoms with Gasteiger partial charge in [0.15, 0.2) is 11.2 Å². The Morgan fingerprint density at radius 1 is 1.28 bits per heavy atom. The van der Waals surface area contributed by atoms with Crippen molar-refractivity contribution in [1.82, 2.24) is 29.9 Å². The van der Waals surface area contributed by atoms with Crippen LogP contribution < -0.4 is 11.1 Å². The molecule has 2 aromatic heterocycles. The van der Waals surface area contributed by atoms with Gasteiger partial charge in [-0.2, -0.15) is 9.67 Å². The molecule has 4 heterocycles. The van der Waals surface area contributed by atoms with E-state index < -0.39 is 0 Å². The van der Waals surface area contributed by atoms with Crippen molar-refractivity contribution in [3.8, 4) is 0 Å². The van der Waals surface area contributed by atoms with Gasteiger partial charge in [0.25, 0.3) is 0 Å². The number of aromatic nitrogens is 5. The van der Waals surface area contributed by atoms with Gasteiger partial charge in [0.1, 0.15) is 0 Å². The van der Waals surface area contributed by atoms with Gasteiger partial charge < -0.3 is 16.0 Å². The van der Waals surface area contributed by atoms with Crippen molar-refractivity contribution < 1.29 is 4.79 Å². The number of carbonyl (C=O) groups is 1. The molecule has 0 bridgehead atoms. The van der Waals surface area contributed by atoms with Gasteiger partial charge in [0, 0.05) is 29.9 Å². The number of fused-ring (bicyclic) bond motifs is 2. The van der Waals surface area contributed by atoms with Crippen LogP contribution in [0.4, 0.5) is 5.95 Å². The molecule has 4 unspecified atom stereocenters. The molecule has 29 heavy (non-hydrogen) atoms. The summed E-state index contributed by atoms with van der Waals surface area (Å²) in [6, 6.07) is 0.587. The molecule has 150 valence electrons. The second kappa shape index (κ2) is 6.68. The van der Waals surface area contributed by atoms with Crippen molar-refractivity contribution in [1.29, 1.82) is 0 Å². The predicted octanol–water partition coefficient (Wildman–Crippen LogP) is 1.88. The van der Waals surface area contributed by atoms with Crippen LogP contribution in [0.2, 0.25) is 0 Å². The van der Waals surface area contributed by atoms with E-state index >= 15 is 0 Å². The Hall–Kier alpha value is -3.23. The topological polar surface area (TPSA) is 115 Å². The van der Waals surface area contributed by atoms with Crippen LogP contribution in [0.25, 0.3) is 16.9 Å². The summed E-state index contributed by atoms with van der Waals surface area (Å²) < 4.78 is 1.74. The molecule has 2 aliphatic heterocycles. The molecule has 2 aromatic rings. The van der Waals surface area contributed by atoms with E-state index in [0.29, 0.717) is 35.5 Å². The van der Waals surface area contributed by atoms with Crippen molar-refractivity contribution >= 4 is 28.7 Å². The Labute approximate surface area is 168 Å². The first-order chi connectivity index (χ1) is 14.0. The highest BCUT2D eigenvalue weighted by atomic mass is 16.1. The van der Waals surface area contributed by atoms with E-state index in [9.17, 15) is 4.79 Å². The fraction of sp³-hybridized carbons (Fsp3) is 0.450. The molecule has 0 aromatic carbocycles. The monoisotopic (exact) mass is 392 g/mol. The summed E-state index contributed by atoms with van der Waals surface area (Å²) in [7, 11) is 0. The molecule has 5 rings (SSSR count). The van der Waals surface area contributed by atoms with Gasteiger partial charge in [-0.1, -0.05) is 18.2 Å². The molecule has 3 N–H and O–H groups in total. The van der Waals surface area contributed by atoms with Crippen molar-refractivity contribution in [3.63, 3.8) is 0 Å². The lowest BCUT2D eigenvalue weighted by molar-refractivity contribution is -0.121. The number of anilines is 1. The van der Waals surface area contributed by atoms with Gasteiger partial charge in [0.05, 0.1) is 11.9 Å². The molecule has 0 spiro atoms. The van der Waals surface area contributed by atoms with Gasteiger partial charge in [-0.3, -0.25) is 4.79 Å². The van der Waals surface area contributed by atoms with Crippen LogP contribution in [0.5, 0.6) is 0 Å². The van der Waals surface area contributed by atoms with Crippen LogP contribution in [-0.2, 0) is 4.79 Å². The molecular weight excluding hydrogens is 368 g/mol. The Balaban J connectivity index is 1.42. The zero-order chi connectivity index (χ0) is 20.1. The van der Waals surface area contributed by atoms with Gasteiger partial charge in [-0.05, 0) is 44.3 Å². The Morgan fingerprint density at radius 2 is 2.14 bits per heavy atom. The number of primary amides is 1. The van der Waals surface area contributed by atoms with Crippen LogP contribution in [0.1, 0.15) is 33.1 Å². The normalized spacial score (nSPS) is 28.4. The third-order valence-electron chi connectivity index (χ3n) is 6.24. The first kappa shape index (κ1) is 17.8. The maximum Gasteiger partial charge on any atom is 0.225 e. The number of nitrogens with two attached hydrogens (primary N) is 1. The Morgan fingerprint density at radius 3 is 2.93 bits per heavy atom. The second-order valence-corrected chi connectivity index (χ2v) is 8.14. The quantitative estimate of drug-likeness (QED) is 0.816. The summed E-state index contributed by atoms with van der Waals surface area (Å²) in [5.74, 6) is 0.697. The second-order valence-electron chi connectivity index (χ2n) is 8.14. The summed E-state index contributed by atoms with van der Waals surface area (Å²) in [6.45, 7) is 4.44. The number of allylic oxidation sites excluding steroid dienone is 3. The first-order valence-corrected chi connectivity index (χ1v) is 10.0. The maximum atomic E-state index is 11.4. The summed E-state index contributed by atoms with van der Waals surface area (Å²) >= 11 is 0. The molecule has 1 fully saturated rings. The average Bonchev–Trinajstić information content (AvgIpc) is 3.40. The smallest absolute Gasteiger partial charge is 0.225 e. The molecule has 0 radical (unpaired) electrons. The average molecular weight is 392 g/mol. The van der Waals surface area contributed by atoms with E-state index in [4.69, 9.17) is 5.73 Å². The van der Waals surface area contributed by atoms with Crippen molar-refractivity contribution in [2.75, 3.05) is 5.32 Å². The van der Waals surface area contributed by atoms with Crippen molar-refractivity contribution in [3.05, 3.63) is 36.3 Å². The van der Waals surface area contributed by atoms with Crippen LogP contribution in [0.3, 0.4) is 0 Å². The lowest BCUT2D eigenvalue weighted by atomic mass is 10.1. The summed E-state index contributed by atoms with van der Waals surface area (Å²) in [4.78, 5) is 22.7. The van der Waals surface area contributed by atoms with Gasteiger partial charge in [-0.15, -0.1) is 5.10 Å². The lowest BCUT2D eigenvalue weighted by Gasteiger charge is -2.26. The Kier molecular flexibility index (Phi) is 4.11. The SMILES string of the molecule is CC1C=C2C=C(n3nnc4cnc(NC5CCC(C(N)=O)C5)nc43)C=CN2C1C. The van der Waals surface area contributed by atoms with Gasteiger partial charge >= 0.3 is 0 Å². The highest BCUT2D eigenvalue weighted by Gasteiger charge is 2.30. The molecule has 9 nitrogen and oxygen atoms in total. The van der Waals surface area contributed by atoms with E-state index in [0.717, 1.165) is 18.5 Å². The standard InChI is InChI=1S/C20H24N8O/c1-11-7-16-9-15(5-6-27(16)12(11)2)28-19-17(25-26-28)10-22-20(24-19)23-14-4-3-13(8-14)18(21)29/h5-7,9-14H,3-4,8H2,1-2H3,(H2,21,29)(H,22,23,24).